The van der Waals surface area contributed by atoms with Crippen LogP contribution in [0, 0.1) is 0 Å². The molecule has 0 radical (unpaired) electrons. The number of Topliss-reactive ketones (excluding diaryl/α,β-unsaturated/α-hetero) is 1. The normalized spacial score (nSPS) is 10.8. The molecule has 0 saturated carbocycles. The molecular weight excluding hydrogens is 384 g/mol. The van der Waals surface area contributed by atoms with Crippen molar-refractivity contribution in [2.45, 2.75) is 5.16 Å². The Morgan fingerprint density at radius 2 is 1.86 bits per heavy atom. The molecule has 0 aliphatic carbocycles. The van der Waals surface area contributed by atoms with Gasteiger partial charge in [0, 0.05) is 24.5 Å². The highest BCUT2D eigenvalue weighted by molar-refractivity contribution is 7.99. The molecule has 7 heteroatoms. The molecule has 4 rings (SSSR count). The Bertz CT molecular complexity index is 1130. The summed E-state index contributed by atoms with van der Waals surface area (Å²) >= 11 is 1.38. The van der Waals surface area contributed by atoms with Crippen molar-refractivity contribution in [2.75, 3.05) is 12.9 Å². The Kier molecular flexibility index (Phi) is 5.48. The summed E-state index contributed by atoms with van der Waals surface area (Å²) in [5.41, 5.74) is 2.50. The zero-order valence-corrected chi connectivity index (χ0v) is 17.0. The molecule has 0 N–H and O–H groups in total. The number of para-hydroxylation sites is 1. The maximum atomic E-state index is 12.6. The monoisotopic (exact) mass is 404 g/mol. The first-order valence-electron chi connectivity index (χ1n) is 9.10. The van der Waals surface area contributed by atoms with E-state index in [-0.39, 0.29) is 11.5 Å². The Balaban J connectivity index is 1.70. The van der Waals surface area contributed by atoms with Crippen molar-refractivity contribution in [3.63, 3.8) is 0 Å². The Morgan fingerprint density at radius 1 is 1.03 bits per heavy atom. The van der Waals surface area contributed by atoms with Gasteiger partial charge >= 0.3 is 0 Å². The molecule has 0 aliphatic heterocycles. The van der Waals surface area contributed by atoms with Crippen molar-refractivity contribution in [3.05, 3.63) is 78.6 Å². The highest BCUT2D eigenvalue weighted by Crippen LogP contribution is 2.30. The van der Waals surface area contributed by atoms with E-state index in [9.17, 15) is 4.79 Å². The predicted molar refractivity (Wildman–Crippen MR) is 114 cm³/mol. The van der Waals surface area contributed by atoms with Gasteiger partial charge in [0.05, 0.1) is 18.6 Å². The first-order chi connectivity index (χ1) is 14.2. The summed E-state index contributed by atoms with van der Waals surface area (Å²) in [4.78, 5) is 12.6. The summed E-state index contributed by atoms with van der Waals surface area (Å²) in [5, 5.41) is 9.46. The number of aryl methyl sites for hydroxylation is 1. The lowest BCUT2D eigenvalue weighted by molar-refractivity contribution is 0.101. The molecule has 0 aliphatic rings. The smallest absolute Gasteiger partial charge is 0.196 e. The van der Waals surface area contributed by atoms with Crippen LogP contribution in [-0.2, 0) is 7.05 Å². The van der Waals surface area contributed by atoms with Crippen LogP contribution in [0.4, 0.5) is 0 Å². The van der Waals surface area contributed by atoms with Gasteiger partial charge in [0.2, 0.25) is 0 Å². The molecule has 0 bridgehead atoms. The number of hydrogen-bond donors (Lipinski definition) is 0. The van der Waals surface area contributed by atoms with Gasteiger partial charge in [0.1, 0.15) is 5.75 Å². The number of rotatable bonds is 7. The molecule has 0 fully saturated rings. The molecule has 2 heterocycles. The summed E-state index contributed by atoms with van der Waals surface area (Å²) in [6.07, 6.45) is 1.87. The van der Waals surface area contributed by atoms with Crippen LogP contribution in [0.15, 0.2) is 78.1 Å². The number of ether oxygens (including phenoxy) is 1. The largest absolute Gasteiger partial charge is 0.497 e. The van der Waals surface area contributed by atoms with Crippen molar-refractivity contribution in [3.8, 4) is 22.8 Å². The molecule has 2 aromatic carbocycles. The van der Waals surface area contributed by atoms with Gasteiger partial charge in [-0.05, 0) is 36.4 Å². The zero-order valence-electron chi connectivity index (χ0n) is 16.1. The van der Waals surface area contributed by atoms with E-state index < -0.39 is 0 Å². The van der Waals surface area contributed by atoms with E-state index in [1.165, 1.54) is 11.8 Å². The average molecular weight is 404 g/mol. The van der Waals surface area contributed by atoms with E-state index in [4.69, 9.17) is 4.74 Å². The quantitative estimate of drug-likeness (QED) is 0.340. The second kappa shape index (κ2) is 8.36. The van der Waals surface area contributed by atoms with Gasteiger partial charge < -0.3 is 9.30 Å². The molecule has 0 atom stereocenters. The Labute approximate surface area is 173 Å². The molecule has 29 heavy (non-hydrogen) atoms. The van der Waals surface area contributed by atoms with Crippen molar-refractivity contribution < 1.29 is 9.53 Å². The molecule has 4 aromatic rings. The number of methoxy groups -OCH3 is 1. The van der Waals surface area contributed by atoms with Crippen molar-refractivity contribution in [2.24, 2.45) is 7.05 Å². The van der Waals surface area contributed by atoms with Crippen LogP contribution in [0.1, 0.15) is 10.5 Å². The molecular formula is C22H20N4O2S. The van der Waals surface area contributed by atoms with Crippen molar-refractivity contribution in [1.29, 1.82) is 0 Å². The minimum atomic E-state index is 0.0491. The van der Waals surface area contributed by atoms with E-state index in [1.807, 2.05) is 89.1 Å². The number of ketones is 1. The third kappa shape index (κ3) is 3.95. The number of thioether (sulfide) groups is 1. The minimum absolute atomic E-state index is 0.0491. The fourth-order valence-corrected chi connectivity index (χ4v) is 3.90. The van der Waals surface area contributed by atoms with Crippen molar-refractivity contribution in [1.82, 2.24) is 19.3 Å². The van der Waals surface area contributed by atoms with Crippen LogP contribution in [0.3, 0.4) is 0 Å². The van der Waals surface area contributed by atoms with Gasteiger partial charge in [-0.25, -0.2) is 0 Å². The fourth-order valence-electron chi connectivity index (χ4n) is 3.08. The van der Waals surface area contributed by atoms with E-state index in [2.05, 4.69) is 10.2 Å². The van der Waals surface area contributed by atoms with Crippen LogP contribution >= 0.6 is 11.8 Å². The maximum absolute atomic E-state index is 12.6. The van der Waals surface area contributed by atoms with Crippen LogP contribution < -0.4 is 4.74 Å². The molecule has 0 amide bonds. The first-order valence-corrected chi connectivity index (χ1v) is 10.1. The van der Waals surface area contributed by atoms with E-state index in [1.54, 1.807) is 7.11 Å². The number of carbonyl (C=O) groups is 1. The molecule has 146 valence electrons. The first kappa shape index (κ1) is 19.0. The number of hydrogen-bond acceptors (Lipinski definition) is 5. The highest BCUT2D eigenvalue weighted by Gasteiger charge is 2.18. The molecule has 0 saturated heterocycles. The van der Waals surface area contributed by atoms with E-state index in [0.29, 0.717) is 16.7 Å². The zero-order chi connectivity index (χ0) is 20.2. The average Bonchev–Trinajstić information content (AvgIpc) is 3.39. The molecule has 6 nitrogen and oxygen atoms in total. The van der Waals surface area contributed by atoms with Gasteiger partial charge in [-0.3, -0.25) is 9.36 Å². The van der Waals surface area contributed by atoms with E-state index in [0.717, 1.165) is 17.0 Å². The van der Waals surface area contributed by atoms with Crippen molar-refractivity contribution >= 4 is 17.5 Å². The Morgan fingerprint density at radius 3 is 2.59 bits per heavy atom. The lowest BCUT2D eigenvalue weighted by Gasteiger charge is -2.11. The lowest BCUT2D eigenvalue weighted by Crippen LogP contribution is -2.08. The molecule has 0 unspecified atom stereocenters. The molecule has 0 spiro atoms. The third-order valence-corrected chi connectivity index (χ3v) is 5.47. The Hall–Kier alpha value is -3.32. The predicted octanol–water partition coefficient (Wildman–Crippen LogP) is 4.26. The number of benzene rings is 2. The fraction of sp³-hybridized carbons (Fsp3) is 0.136. The topological polar surface area (TPSA) is 61.9 Å². The second-order valence-corrected chi connectivity index (χ2v) is 7.37. The second-order valence-electron chi connectivity index (χ2n) is 6.43. The van der Waals surface area contributed by atoms with Gasteiger partial charge in [0.25, 0.3) is 0 Å². The van der Waals surface area contributed by atoms with E-state index >= 15 is 0 Å². The van der Waals surface area contributed by atoms with Gasteiger partial charge in [-0.1, -0.05) is 42.1 Å². The summed E-state index contributed by atoms with van der Waals surface area (Å²) < 4.78 is 9.15. The summed E-state index contributed by atoms with van der Waals surface area (Å²) in [5.74, 6) is 1.77. The summed E-state index contributed by atoms with van der Waals surface area (Å²) in [7, 11) is 3.50. The maximum Gasteiger partial charge on any atom is 0.196 e. The molecule has 2 aromatic heterocycles. The number of nitrogens with zero attached hydrogens (tertiary/aromatic N) is 4. The van der Waals surface area contributed by atoms with Gasteiger partial charge in [0.15, 0.2) is 16.8 Å². The van der Waals surface area contributed by atoms with Gasteiger partial charge in [-0.15, -0.1) is 10.2 Å². The van der Waals surface area contributed by atoms with Crippen LogP contribution in [0.25, 0.3) is 17.1 Å². The van der Waals surface area contributed by atoms with Crippen LogP contribution in [-0.4, -0.2) is 38.0 Å². The standard InChI is InChI=1S/C22H20N4O2S/c1-25-13-7-12-19(25)20(27)15-29-22-24-23-21(16-8-6-11-18(14-16)28-2)26(22)17-9-4-3-5-10-17/h3-14H,15H2,1-2H3. The van der Waals surface area contributed by atoms with Crippen LogP contribution in [0.2, 0.25) is 0 Å². The van der Waals surface area contributed by atoms with Crippen LogP contribution in [0.5, 0.6) is 5.75 Å². The summed E-state index contributed by atoms with van der Waals surface area (Å²) in [6, 6.07) is 21.3. The SMILES string of the molecule is COc1cccc(-c2nnc(SCC(=O)c3cccn3C)n2-c2ccccc2)c1. The summed E-state index contributed by atoms with van der Waals surface area (Å²) in [6.45, 7) is 0. The minimum Gasteiger partial charge on any atom is -0.497 e. The van der Waals surface area contributed by atoms with Gasteiger partial charge in [-0.2, -0.15) is 0 Å². The third-order valence-electron chi connectivity index (χ3n) is 4.54. The number of carbonyl (C=O) groups excluding carboxylic acids is 1. The lowest BCUT2D eigenvalue weighted by atomic mass is 10.2. The number of aromatic nitrogens is 4. The highest BCUT2D eigenvalue weighted by atomic mass is 32.2.